The number of hydrogen-bond donors (Lipinski definition) is 1. The molecule has 164 valence electrons. The molecule has 1 aliphatic carbocycles. The van der Waals surface area contributed by atoms with Crippen LogP contribution in [-0.4, -0.2) is 35.8 Å². The molecule has 1 aliphatic heterocycles. The molecule has 1 N–H and O–H groups in total. The minimum atomic E-state index is -0.454. The molecule has 2 aromatic rings. The standard InChI is InChI=1S/C27H34N2O2/c1-19(2)28-26(31)27(13-15-29(16-14-27)25(30)24-17-20(24)3)18-21-9-11-23(12-10-21)22-7-5-4-6-8-22/h4-12,19-20,24H,13-18H2,1-3H3,(H,28,31). The first kappa shape index (κ1) is 21.6. The molecule has 31 heavy (non-hydrogen) atoms. The van der Waals surface area contributed by atoms with Gasteiger partial charge in [-0.25, -0.2) is 0 Å². The summed E-state index contributed by atoms with van der Waals surface area (Å²) in [6.07, 6.45) is 3.17. The van der Waals surface area contributed by atoms with Crippen LogP contribution >= 0.6 is 0 Å². The second-order valence-corrected chi connectivity index (χ2v) is 9.79. The molecule has 2 unspecified atom stereocenters. The summed E-state index contributed by atoms with van der Waals surface area (Å²) in [6, 6.07) is 19.0. The number of piperidine rings is 1. The Hall–Kier alpha value is -2.62. The summed E-state index contributed by atoms with van der Waals surface area (Å²) in [6.45, 7) is 7.51. The van der Waals surface area contributed by atoms with Gasteiger partial charge >= 0.3 is 0 Å². The number of carbonyl (C=O) groups excluding carboxylic acids is 2. The van der Waals surface area contributed by atoms with Crippen LogP contribution in [0.3, 0.4) is 0 Å². The molecule has 2 atom stereocenters. The first-order chi connectivity index (χ1) is 14.9. The Morgan fingerprint density at radius 2 is 1.58 bits per heavy atom. The Bertz CT molecular complexity index is 912. The number of rotatable bonds is 6. The van der Waals surface area contributed by atoms with E-state index in [1.54, 1.807) is 0 Å². The van der Waals surface area contributed by atoms with E-state index in [1.807, 2.05) is 36.9 Å². The first-order valence-corrected chi connectivity index (χ1v) is 11.6. The lowest BCUT2D eigenvalue weighted by atomic mass is 9.72. The van der Waals surface area contributed by atoms with Crippen LogP contribution < -0.4 is 5.32 Å². The molecule has 4 nitrogen and oxygen atoms in total. The summed E-state index contributed by atoms with van der Waals surface area (Å²) in [5.74, 6) is 1.15. The fraction of sp³-hybridized carbons (Fsp3) is 0.481. The molecule has 4 heteroatoms. The first-order valence-electron chi connectivity index (χ1n) is 11.6. The van der Waals surface area contributed by atoms with Crippen molar-refractivity contribution < 1.29 is 9.59 Å². The lowest BCUT2D eigenvalue weighted by Crippen LogP contribution is -2.52. The minimum Gasteiger partial charge on any atom is -0.353 e. The third kappa shape index (κ3) is 4.84. The van der Waals surface area contributed by atoms with Gasteiger partial charge in [0.2, 0.25) is 11.8 Å². The second-order valence-electron chi connectivity index (χ2n) is 9.79. The molecular formula is C27H34N2O2. The Labute approximate surface area is 186 Å². The van der Waals surface area contributed by atoms with Gasteiger partial charge in [0, 0.05) is 25.0 Å². The molecule has 0 spiro atoms. The van der Waals surface area contributed by atoms with Crippen molar-refractivity contribution in [1.29, 1.82) is 0 Å². The highest BCUT2D eigenvalue weighted by Gasteiger charge is 2.46. The zero-order valence-corrected chi connectivity index (χ0v) is 18.9. The Kier molecular flexibility index (Phi) is 6.17. The summed E-state index contributed by atoms with van der Waals surface area (Å²) in [5.41, 5.74) is 3.10. The summed E-state index contributed by atoms with van der Waals surface area (Å²) in [7, 11) is 0. The van der Waals surface area contributed by atoms with Gasteiger partial charge in [-0.3, -0.25) is 9.59 Å². The molecule has 2 fully saturated rings. The van der Waals surface area contributed by atoms with Gasteiger partial charge < -0.3 is 10.2 Å². The van der Waals surface area contributed by atoms with Crippen molar-refractivity contribution in [2.75, 3.05) is 13.1 Å². The molecule has 1 heterocycles. The van der Waals surface area contributed by atoms with Crippen LogP contribution in [0.4, 0.5) is 0 Å². The summed E-state index contributed by atoms with van der Waals surface area (Å²) < 4.78 is 0. The predicted octanol–water partition coefficient (Wildman–Crippen LogP) is 4.69. The van der Waals surface area contributed by atoms with Crippen molar-refractivity contribution in [2.45, 2.75) is 52.5 Å². The van der Waals surface area contributed by atoms with Gasteiger partial charge in [-0.1, -0.05) is 61.5 Å². The fourth-order valence-electron chi connectivity index (χ4n) is 4.79. The molecule has 1 saturated heterocycles. The number of amides is 2. The largest absolute Gasteiger partial charge is 0.353 e. The Morgan fingerprint density at radius 3 is 2.13 bits per heavy atom. The monoisotopic (exact) mass is 418 g/mol. The molecule has 0 bridgehead atoms. The highest BCUT2D eigenvalue weighted by atomic mass is 16.2. The van der Waals surface area contributed by atoms with Crippen LogP contribution in [0.5, 0.6) is 0 Å². The van der Waals surface area contributed by atoms with Crippen LogP contribution in [0.25, 0.3) is 11.1 Å². The van der Waals surface area contributed by atoms with Crippen molar-refractivity contribution in [1.82, 2.24) is 10.2 Å². The van der Waals surface area contributed by atoms with Crippen molar-refractivity contribution >= 4 is 11.8 Å². The van der Waals surface area contributed by atoms with Crippen LogP contribution in [0.1, 0.15) is 45.6 Å². The maximum Gasteiger partial charge on any atom is 0.226 e. The summed E-state index contributed by atoms with van der Waals surface area (Å²) >= 11 is 0. The smallest absolute Gasteiger partial charge is 0.226 e. The Morgan fingerprint density at radius 1 is 1.00 bits per heavy atom. The predicted molar refractivity (Wildman–Crippen MR) is 124 cm³/mol. The summed E-state index contributed by atoms with van der Waals surface area (Å²) in [4.78, 5) is 28.0. The van der Waals surface area contributed by atoms with Crippen LogP contribution in [0.15, 0.2) is 54.6 Å². The molecule has 1 saturated carbocycles. The zero-order chi connectivity index (χ0) is 22.0. The van der Waals surface area contributed by atoms with Crippen LogP contribution in [0, 0.1) is 17.3 Å². The van der Waals surface area contributed by atoms with E-state index in [1.165, 1.54) is 16.7 Å². The van der Waals surface area contributed by atoms with Gasteiger partial charge in [0.1, 0.15) is 0 Å². The van der Waals surface area contributed by atoms with E-state index < -0.39 is 5.41 Å². The number of hydrogen-bond acceptors (Lipinski definition) is 2. The van der Waals surface area contributed by atoms with Crippen molar-refractivity contribution in [3.8, 4) is 11.1 Å². The molecule has 0 radical (unpaired) electrons. The van der Waals surface area contributed by atoms with E-state index in [9.17, 15) is 9.59 Å². The van der Waals surface area contributed by atoms with Gasteiger partial charge in [-0.15, -0.1) is 0 Å². The van der Waals surface area contributed by atoms with Gasteiger partial charge in [-0.05, 0) is 62.1 Å². The second kappa shape index (κ2) is 8.86. The highest BCUT2D eigenvalue weighted by molar-refractivity contribution is 5.85. The molecule has 2 aliphatic rings. The quantitative estimate of drug-likeness (QED) is 0.740. The molecular weight excluding hydrogens is 384 g/mol. The molecule has 2 aromatic carbocycles. The number of likely N-dealkylation sites (tertiary alicyclic amines) is 1. The van der Waals surface area contributed by atoms with Crippen molar-refractivity contribution in [3.05, 3.63) is 60.2 Å². The van der Waals surface area contributed by atoms with Crippen LogP contribution in [-0.2, 0) is 16.0 Å². The molecule has 0 aromatic heterocycles. The minimum absolute atomic E-state index is 0.108. The topological polar surface area (TPSA) is 49.4 Å². The fourth-order valence-corrected chi connectivity index (χ4v) is 4.79. The van der Waals surface area contributed by atoms with Gasteiger partial charge in [0.25, 0.3) is 0 Å². The van der Waals surface area contributed by atoms with E-state index in [4.69, 9.17) is 0 Å². The lowest BCUT2D eigenvalue weighted by molar-refractivity contribution is -0.141. The van der Waals surface area contributed by atoms with E-state index in [0.717, 1.165) is 19.3 Å². The number of benzene rings is 2. The SMILES string of the molecule is CC(C)NC(=O)C1(Cc2ccc(-c3ccccc3)cc2)CCN(C(=O)C2CC2C)CC1. The lowest BCUT2D eigenvalue weighted by Gasteiger charge is -2.41. The maximum atomic E-state index is 13.3. The molecule has 2 amide bonds. The van der Waals surface area contributed by atoms with Gasteiger partial charge in [0.15, 0.2) is 0 Å². The van der Waals surface area contributed by atoms with Gasteiger partial charge in [-0.2, -0.15) is 0 Å². The third-order valence-corrected chi connectivity index (χ3v) is 6.96. The van der Waals surface area contributed by atoms with Crippen molar-refractivity contribution in [2.24, 2.45) is 17.3 Å². The Balaban J connectivity index is 1.49. The van der Waals surface area contributed by atoms with E-state index in [-0.39, 0.29) is 23.8 Å². The van der Waals surface area contributed by atoms with Crippen LogP contribution in [0.2, 0.25) is 0 Å². The number of carbonyl (C=O) groups is 2. The van der Waals surface area contributed by atoms with Gasteiger partial charge in [0.05, 0.1) is 5.41 Å². The summed E-state index contributed by atoms with van der Waals surface area (Å²) in [5, 5.41) is 3.15. The van der Waals surface area contributed by atoms with E-state index in [0.29, 0.717) is 25.4 Å². The number of nitrogens with zero attached hydrogens (tertiary/aromatic N) is 1. The van der Waals surface area contributed by atoms with E-state index >= 15 is 0 Å². The highest BCUT2D eigenvalue weighted by Crippen LogP contribution is 2.42. The maximum absolute atomic E-state index is 13.3. The van der Waals surface area contributed by atoms with E-state index in [2.05, 4.69) is 48.6 Å². The third-order valence-electron chi connectivity index (χ3n) is 6.96. The average Bonchev–Trinajstić information content (AvgIpc) is 3.51. The zero-order valence-electron chi connectivity index (χ0n) is 18.9. The molecule has 4 rings (SSSR count). The number of nitrogens with one attached hydrogen (secondary N) is 1. The normalized spacial score (nSPS) is 22.3. The van der Waals surface area contributed by atoms with Crippen molar-refractivity contribution in [3.63, 3.8) is 0 Å². The average molecular weight is 419 g/mol.